The highest BCUT2D eigenvalue weighted by molar-refractivity contribution is 5.82. The summed E-state index contributed by atoms with van der Waals surface area (Å²) in [6.07, 6.45) is 5.13. The number of carbonyl (C=O) groups is 1. The third kappa shape index (κ3) is 3.41. The normalized spacial score (nSPS) is 24.8. The van der Waals surface area contributed by atoms with E-state index >= 15 is 0 Å². The van der Waals surface area contributed by atoms with Crippen molar-refractivity contribution >= 4 is 5.78 Å². The standard InChI is InChI=1S/C28H32N2O2/c1-19-23-13-14-24-26(28(23,2)16-15-25(19)32)29-27(21-10-4-3-5-11-21)30(24)22-12-6-8-20(18-22)9-7-17-31/h3-6,8,10-12,18-19,23,31H,7,9,13-17H2,1-2H3/t19-,23-,28-/m0/s1. The molecule has 0 aliphatic heterocycles. The fourth-order valence-corrected chi connectivity index (χ4v) is 6.06. The second-order valence-corrected chi connectivity index (χ2v) is 9.75. The molecule has 32 heavy (non-hydrogen) atoms. The lowest BCUT2D eigenvalue weighted by Gasteiger charge is -2.46. The SMILES string of the molecule is C[C@@H]1C(=O)CC[C@]2(C)c3nc(-c4ccccc4)n(-c4cccc(CCCO)c4)c3CC[C@@H]12. The first-order valence-electron chi connectivity index (χ1n) is 11.9. The number of aromatic nitrogens is 2. The highest BCUT2D eigenvalue weighted by atomic mass is 16.2. The van der Waals surface area contributed by atoms with E-state index in [2.05, 4.69) is 66.9 Å². The number of carbonyl (C=O) groups excluding carboxylic acids is 1. The predicted octanol–water partition coefficient (Wildman–Crippen LogP) is 5.28. The van der Waals surface area contributed by atoms with E-state index in [0.717, 1.165) is 49.2 Å². The molecule has 0 radical (unpaired) electrons. The van der Waals surface area contributed by atoms with Gasteiger partial charge in [0.1, 0.15) is 11.6 Å². The number of fused-ring (bicyclic) bond motifs is 3. The van der Waals surface area contributed by atoms with Gasteiger partial charge in [-0.3, -0.25) is 9.36 Å². The lowest BCUT2D eigenvalue weighted by Crippen LogP contribution is -2.47. The van der Waals surface area contributed by atoms with Crippen LogP contribution in [0.3, 0.4) is 0 Å². The molecule has 4 heteroatoms. The third-order valence-electron chi connectivity index (χ3n) is 7.85. The second-order valence-electron chi connectivity index (χ2n) is 9.75. The fraction of sp³-hybridized carbons (Fsp3) is 0.429. The molecule has 0 bridgehead atoms. The zero-order valence-corrected chi connectivity index (χ0v) is 19.1. The van der Waals surface area contributed by atoms with Crippen LogP contribution in [0, 0.1) is 11.8 Å². The number of ketones is 1. The zero-order valence-electron chi connectivity index (χ0n) is 19.1. The quantitative estimate of drug-likeness (QED) is 0.601. The first-order valence-corrected chi connectivity index (χ1v) is 11.9. The van der Waals surface area contributed by atoms with Crippen LogP contribution < -0.4 is 0 Å². The van der Waals surface area contributed by atoms with Gasteiger partial charge in [-0.25, -0.2) is 4.98 Å². The Labute approximate surface area is 190 Å². The average Bonchev–Trinajstić information content (AvgIpc) is 3.22. The molecule has 5 rings (SSSR count). The molecule has 1 heterocycles. The van der Waals surface area contributed by atoms with E-state index in [-0.39, 0.29) is 17.9 Å². The average molecular weight is 429 g/mol. The number of aliphatic hydroxyl groups is 1. The Bertz CT molecular complexity index is 1130. The molecule has 1 fully saturated rings. The number of hydrogen-bond acceptors (Lipinski definition) is 3. The lowest BCUT2D eigenvalue weighted by atomic mass is 9.57. The summed E-state index contributed by atoms with van der Waals surface area (Å²) in [5.41, 5.74) is 5.90. The highest BCUT2D eigenvalue weighted by Gasteiger charge is 2.50. The summed E-state index contributed by atoms with van der Waals surface area (Å²) in [5, 5.41) is 9.27. The van der Waals surface area contributed by atoms with Crippen molar-refractivity contribution in [2.45, 2.75) is 57.8 Å². The van der Waals surface area contributed by atoms with Crippen molar-refractivity contribution in [3.05, 3.63) is 71.5 Å². The summed E-state index contributed by atoms with van der Waals surface area (Å²) in [4.78, 5) is 17.8. The van der Waals surface area contributed by atoms with Crippen LogP contribution >= 0.6 is 0 Å². The summed E-state index contributed by atoms with van der Waals surface area (Å²) in [6, 6.07) is 19.1. The molecule has 2 aliphatic rings. The topological polar surface area (TPSA) is 55.1 Å². The van der Waals surface area contributed by atoms with Crippen LogP contribution in [-0.4, -0.2) is 27.0 Å². The summed E-state index contributed by atoms with van der Waals surface area (Å²) in [6.45, 7) is 4.66. The maximum absolute atomic E-state index is 12.5. The number of hydrogen-bond donors (Lipinski definition) is 1. The molecule has 1 saturated carbocycles. The lowest BCUT2D eigenvalue weighted by molar-refractivity contribution is -0.128. The summed E-state index contributed by atoms with van der Waals surface area (Å²) in [5.74, 6) is 1.87. The van der Waals surface area contributed by atoms with E-state index in [4.69, 9.17) is 4.98 Å². The van der Waals surface area contributed by atoms with Crippen LogP contribution in [0.15, 0.2) is 54.6 Å². The van der Waals surface area contributed by atoms with E-state index in [1.54, 1.807) is 0 Å². The Balaban J connectivity index is 1.69. The maximum Gasteiger partial charge on any atom is 0.145 e. The van der Waals surface area contributed by atoms with E-state index < -0.39 is 0 Å². The molecule has 166 valence electrons. The Morgan fingerprint density at radius 3 is 2.72 bits per heavy atom. The van der Waals surface area contributed by atoms with Crippen molar-refractivity contribution in [1.29, 1.82) is 0 Å². The van der Waals surface area contributed by atoms with E-state index in [0.29, 0.717) is 18.1 Å². The zero-order chi connectivity index (χ0) is 22.3. The van der Waals surface area contributed by atoms with Gasteiger partial charge >= 0.3 is 0 Å². The van der Waals surface area contributed by atoms with Crippen molar-refractivity contribution in [3.63, 3.8) is 0 Å². The number of nitrogens with zero attached hydrogens (tertiary/aromatic N) is 2. The first kappa shape index (κ1) is 21.1. The third-order valence-corrected chi connectivity index (χ3v) is 7.85. The largest absolute Gasteiger partial charge is 0.396 e. The Kier molecular flexibility index (Phi) is 5.50. The van der Waals surface area contributed by atoms with Gasteiger partial charge in [0.05, 0.1) is 5.69 Å². The number of Topliss-reactive ketones (excluding diaryl/α,β-unsaturated/α-hetero) is 1. The van der Waals surface area contributed by atoms with Gasteiger partial charge in [0.25, 0.3) is 0 Å². The molecule has 3 aromatic rings. The number of imidazole rings is 1. The molecular weight excluding hydrogens is 396 g/mol. The van der Waals surface area contributed by atoms with Crippen molar-refractivity contribution in [2.75, 3.05) is 6.61 Å². The van der Waals surface area contributed by atoms with Crippen molar-refractivity contribution in [3.8, 4) is 17.1 Å². The number of benzene rings is 2. The molecule has 0 amide bonds. The van der Waals surface area contributed by atoms with Crippen LogP contribution in [0.25, 0.3) is 17.1 Å². The van der Waals surface area contributed by atoms with Crippen LogP contribution in [0.1, 0.15) is 56.5 Å². The van der Waals surface area contributed by atoms with Crippen LogP contribution in [0.2, 0.25) is 0 Å². The van der Waals surface area contributed by atoms with Crippen LogP contribution in [-0.2, 0) is 23.1 Å². The van der Waals surface area contributed by atoms with Crippen molar-refractivity contribution in [2.24, 2.45) is 11.8 Å². The fourth-order valence-electron chi connectivity index (χ4n) is 6.06. The minimum absolute atomic E-state index is 0.0653. The molecule has 4 nitrogen and oxygen atoms in total. The van der Waals surface area contributed by atoms with E-state index in [1.165, 1.54) is 17.0 Å². The van der Waals surface area contributed by atoms with Gasteiger partial charge in [0.15, 0.2) is 0 Å². The van der Waals surface area contributed by atoms with Gasteiger partial charge in [0.2, 0.25) is 0 Å². The first-order chi connectivity index (χ1) is 15.5. The minimum atomic E-state index is -0.0653. The van der Waals surface area contributed by atoms with Crippen LogP contribution in [0.4, 0.5) is 0 Å². The molecule has 1 aromatic heterocycles. The maximum atomic E-state index is 12.5. The van der Waals surface area contributed by atoms with E-state index in [1.807, 2.05) is 6.07 Å². The number of rotatable bonds is 5. The molecule has 2 aliphatic carbocycles. The van der Waals surface area contributed by atoms with Crippen molar-refractivity contribution < 1.29 is 9.90 Å². The molecule has 3 atom stereocenters. The minimum Gasteiger partial charge on any atom is -0.396 e. The monoisotopic (exact) mass is 428 g/mol. The van der Waals surface area contributed by atoms with Crippen molar-refractivity contribution in [1.82, 2.24) is 9.55 Å². The van der Waals surface area contributed by atoms with Gasteiger partial charge in [-0.15, -0.1) is 0 Å². The van der Waals surface area contributed by atoms with E-state index in [9.17, 15) is 9.90 Å². The summed E-state index contributed by atoms with van der Waals surface area (Å²) >= 11 is 0. The Morgan fingerprint density at radius 2 is 1.94 bits per heavy atom. The Hall–Kier alpha value is -2.72. The molecule has 0 unspecified atom stereocenters. The highest BCUT2D eigenvalue weighted by Crippen LogP contribution is 2.51. The van der Waals surface area contributed by atoms with Gasteiger partial charge in [-0.05, 0) is 55.7 Å². The molecule has 1 N–H and O–H groups in total. The molecular formula is C28H32N2O2. The van der Waals surface area contributed by atoms with Gasteiger partial charge in [-0.1, -0.05) is 56.3 Å². The summed E-state index contributed by atoms with van der Waals surface area (Å²) < 4.78 is 2.36. The Morgan fingerprint density at radius 1 is 1.12 bits per heavy atom. The number of aliphatic hydroxyl groups excluding tert-OH is 1. The second kappa shape index (κ2) is 8.32. The molecule has 0 spiro atoms. The predicted molar refractivity (Wildman–Crippen MR) is 127 cm³/mol. The molecule has 2 aromatic carbocycles. The van der Waals surface area contributed by atoms with Crippen LogP contribution in [0.5, 0.6) is 0 Å². The smallest absolute Gasteiger partial charge is 0.145 e. The van der Waals surface area contributed by atoms with Gasteiger partial charge in [-0.2, -0.15) is 0 Å². The summed E-state index contributed by atoms with van der Waals surface area (Å²) in [7, 11) is 0. The molecule has 0 saturated heterocycles. The van der Waals surface area contributed by atoms with Gasteiger partial charge in [0, 0.05) is 41.3 Å². The number of aryl methyl sites for hydroxylation is 1. The van der Waals surface area contributed by atoms with Gasteiger partial charge < -0.3 is 5.11 Å².